The molecule has 3 atom stereocenters. The number of hydrogen-bond donors (Lipinski definition) is 0. The highest BCUT2D eigenvalue weighted by molar-refractivity contribution is 6.74. The fourth-order valence-corrected chi connectivity index (χ4v) is 4.80. The third-order valence-electron chi connectivity index (χ3n) is 6.63. The smallest absolute Gasteiger partial charge is 0.309 e. The zero-order valence-electron chi connectivity index (χ0n) is 21.5. The number of carbonyl (C=O) groups excluding carboxylic acids is 1. The van der Waals surface area contributed by atoms with Crippen LogP contribution in [0.25, 0.3) is 0 Å². The highest BCUT2D eigenvalue weighted by atomic mass is 28.4. The van der Waals surface area contributed by atoms with Crippen molar-refractivity contribution in [2.45, 2.75) is 84.4 Å². The maximum absolute atomic E-state index is 12.7. The Morgan fingerprint density at radius 2 is 1.52 bits per heavy atom. The lowest BCUT2D eigenvalue weighted by atomic mass is 9.93. The minimum Gasteiger partial charge on any atom is -0.466 e. The first-order chi connectivity index (χ1) is 15.6. The molecule has 2 aromatic carbocycles. The SMILES string of the molecule is CCOC(=O)[C@@H](CC)C[C@@H](OCc1ccccc1)[C@@H](O[Si](C)(C)C(C)(C)C)c1ccccc1. The van der Waals surface area contributed by atoms with E-state index in [2.05, 4.69) is 58.1 Å². The molecule has 5 heteroatoms. The Morgan fingerprint density at radius 3 is 2.03 bits per heavy atom. The standard InChI is InChI=1S/C28H42O4Si/c1-8-23(27(29)30-9-2)20-25(31-21-22-16-12-10-13-17-22)26(24-18-14-11-15-19-24)32-33(6,7)28(3,4)5/h10-19,23,25-26H,8-9,20-21H2,1-7H3/t23-,25+,26-/m0/s1. The van der Waals surface area contributed by atoms with Gasteiger partial charge in [-0.2, -0.15) is 0 Å². The van der Waals surface area contributed by atoms with Gasteiger partial charge < -0.3 is 13.9 Å². The van der Waals surface area contributed by atoms with Gasteiger partial charge >= 0.3 is 5.97 Å². The minimum atomic E-state index is -2.12. The van der Waals surface area contributed by atoms with Crippen LogP contribution in [-0.2, 0) is 25.3 Å². The van der Waals surface area contributed by atoms with Gasteiger partial charge in [-0.15, -0.1) is 0 Å². The molecule has 4 nitrogen and oxygen atoms in total. The second kappa shape index (κ2) is 12.5. The number of rotatable bonds is 12. The fraction of sp³-hybridized carbons (Fsp3) is 0.536. The predicted molar refractivity (Wildman–Crippen MR) is 138 cm³/mol. The number of benzene rings is 2. The Labute approximate surface area is 201 Å². The number of hydrogen-bond acceptors (Lipinski definition) is 4. The third-order valence-corrected chi connectivity index (χ3v) is 11.1. The van der Waals surface area contributed by atoms with Crippen molar-refractivity contribution in [1.29, 1.82) is 0 Å². The maximum Gasteiger partial charge on any atom is 0.309 e. The molecule has 0 N–H and O–H groups in total. The molecule has 2 aromatic rings. The first kappa shape index (κ1) is 27.3. The quantitative estimate of drug-likeness (QED) is 0.241. The van der Waals surface area contributed by atoms with Crippen LogP contribution in [0.15, 0.2) is 60.7 Å². The van der Waals surface area contributed by atoms with Crippen molar-refractivity contribution >= 4 is 14.3 Å². The molecular formula is C28H42O4Si. The molecular weight excluding hydrogens is 428 g/mol. The van der Waals surface area contributed by atoms with E-state index in [1.807, 2.05) is 50.2 Å². The molecule has 0 bridgehead atoms. The van der Waals surface area contributed by atoms with Gasteiger partial charge in [0.15, 0.2) is 8.32 Å². The van der Waals surface area contributed by atoms with Crippen molar-refractivity contribution in [3.8, 4) is 0 Å². The van der Waals surface area contributed by atoms with Gasteiger partial charge in [0.05, 0.1) is 31.3 Å². The van der Waals surface area contributed by atoms with Crippen LogP contribution in [0.3, 0.4) is 0 Å². The van der Waals surface area contributed by atoms with Crippen molar-refractivity contribution in [3.05, 3.63) is 71.8 Å². The molecule has 0 amide bonds. The highest BCUT2D eigenvalue weighted by Gasteiger charge is 2.42. The molecule has 33 heavy (non-hydrogen) atoms. The first-order valence-corrected chi connectivity index (χ1v) is 15.0. The molecule has 0 aliphatic carbocycles. The Kier molecular flexibility index (Phi) is 10.3. The summed E-state index contributed by atoms with van der Waals surface area (Å²) in [6.45, 7) is 16.0. The third kappa shape index (κ3) is 8.09. The Balaban J connectivity index is 2.42. The van der Waals surface area contributed by atoms with E-state index in [-0.39, 0.29) is 29.1 Å². The average Bonchev–Trinajstić information content (AvgIpc) is 2.78. The van der Waals surface area contributed by atoms with Gasteiger partial charge in [-0.05, 0) is 49.0 Å². The Hall–Kier alpha value is -1.95. The van der Waals surface area contributed by atoms with Crippen LogP contribution >= 0.6 is 0 Å². The summed E-state index contributed by atoms with van der Waals surface area (Å²) in [5.74, 6) is -0.396. The monoisotopic (exact) mass is 470 g/mol. The number of esters is 1. The van der Waals surface area contributed by atoms with E-state index in [9.17, 15) is 4.79 Å². The molecule has 182 valence electrons. The lowest BCUT2D eigenvalue weighted by Gasteiger charge is -2.42. The van der Waals surface area contributed by atoms with Crippen molar-refractivity contribution in [2.24, 2.45) is 5.92 Å². The van der Waals surface area contributed by atoms with Crippen LogP contribution in [0.2, 0.25) is 18.1 Å². The minimum absolute atomic E-state index is 0.0509. The summed E-state index contributed by atoms with van der Waals surface area (Å²) >= 11 is 0. The van der Waals surface area contributed by atoms with E-state index in [4.69, 9.17) is 13.9 Å². The zero-order valence-corrected chi connectivity index (χ0v) is 22.5. The highest BCUT2D eigenvalue weighted by Crippen LogP contribution is 2.42. The van der Waals surface area contributed by atoms with Gasteiger partial charge in [-0.1, -0.05) is 88.4 Å². The van der Waals surface area contributed by atoms with E-state index >= 15 is 0 Å². The summed E-state index contributed by atoms with van der Waals surface area (Å²) in [7, 11) is -2.12. The molecule has 0 unspecified atom stereocenters. The second-order valence-electron chi connectivity index (χ2n) is 10.1. The molecule has 0 heterocycles. The molecule has 0 fully saturated rings. The second-order valence-corrected chi connectivity index (χ2v) is 14.9. The van der Waals surface area contributed by atoms with Crippen LogP contribution in [0.5, 0.6) is 0 Å². The maximum atomic E-state index is 12.7. The van der Waals surface area contributed by atoms with Crippen LogP contribution in [0.1, 0.15) is 64.7 Å². The van der Waals surface area contributed by atoms with Crippen LogP contribution < -0.4 is 0 Å². The molecule has 0 aliphatic heterocycles. The summed E-state index contributed by atoms with van der Waals surface area (Å²) in [6.07, 6.45) is 0.706. The molecule has 0 aromatic heterocycles. The van der Waals surface area contributed by atoms with Crippen LogP contribution in [0.4, 0.5) is 0 Å². The molecule has 0 radical (unpaired) electrons. The summed E-state index contributed by atoms with van der Waals surface area (Å²) < 4.78 is 18.9. The summed E-state index contributed by atoms with van der Waals surface area (Å²) in [5, 5.41) is 0.0509. The average molecular weight is 471 g/mol. The Morgan fingerprint density at radius 1 is 0.939 bits per heavy atom. The van der Waals surface area contributed by atoms with Crippen LogP contribution in [0, 0.1) is 5.92 Å². The Bertz CT molecular complexity index is 830. The molecule has 2 rings (SSSR count). The van der Waals surface area contributed by atoms with E-state index in [0.29, 0.717) is 26.1 Å². The number of ether oxygens (including phenoxy) is 2. The summed E-state index contributed by atoms with van der Waals surface area (Å²) in [4.78, 5) is 12.7. The lowest BCUT2D eigenvalue weighted by Crippen LogP contribution is -2.45. The first-order valence-electron chi connectivity index (χ1n) is 12.1. The largest absolute Gasteiger partial charge is 0.466 e. The van der Waals surface area contributed by atoms with E-state index in [1.165, 1.54) is 0 Å². The van der Waals surface area contributed by atoms with Gasteiger partial charge in [0, 0.05) is 0 Å². The fourth-order valence-electron chi connectivity index (χ4n) is 3.52. The van der Waals surface area contributed by atoms with Gasteiger partial charge in [-0.3, -0.25) is 4.79 Å². The van der Waals surface area contributed by atoms with Gasteiger partial charge in [-0.25, -0.2) is 0 Å². The van der Waals surface area contributed by atoms with Gasteiger partial charge in [0.1, 0.15) is 0 Å². The zero-order chi connectivity index (χ0) is 24.5. The van der Waals surface area contributed by atoms with Gasteiger partial charge in [0.25, 0.3) is 0 Å². The van der Waals surface area contributed by atoms with Crippen LogP contribution in [-0.4, -0.2) is 27.0 Å². The van der Waals surface area contributed by atoms with Crippen molar-refractivity contribution in [2.75, 3.05) is 6.61 Å². The van der Waals surface area contributed by atoms with E-state index < -0.39 is 8.32 Å². The topological polar surface area (TPSA) is 44.8 Å². The molecule has 0 saturated carbocycles. The van der Waals surface area contributed by atoms with E-state index in [0.717, 1.165) is 11.1 Å². The normalized spacial score (nSPS) is 15.0. The van der Waals surface area contributed by atoms with E-state index in [1.54, 1.807) is 0 Å². The van der Waals surface area contributed by atoms with Crippen molar-refractivity contribution in [1.82, 2.24) is 0 Å². The summed E-state index contributed by atoms with van der Waals surface area (Å²) in [6, 6.07) is 20.4. The molecule has 0 aliphatic rings. The predicted octanol–water partition coefficient (Wildman–Crippen LogP) is 7.31. The molecule has 0 saturated heterocycles. The summed E-state index contributed by atoms with van der Waals surface area (Å²) in [5.41, 5.74) is 2.19. The van der Waals surface area contributed by atoms with Crippen molar-refractivity contribution in [3.63, 3.8) is 0 Å². The van der Waals surface area contributed by atoms with Gasteiger partial charge in [0.2, 0.25) is 0 Å². The lowest BCUT2D eigenvalue weighted by molar-refractivity contribution is -0.151. The number of carbonyl (C=O) groups is 1. The molecule has 0 spiro atoms. The van der Waals surface area contributed by atoms with Crippen molar-refractivity contribution < 1.29 is 18.7 Å².